The van der Waals surface area contributed by atoms with Crippen molar-refractivity contribution in [2.24, 2.45) is 5.14 Å². The van der Waals surface area contributed by atoms with Gasteiger partial charge in [-0.3, -0.25) is 4.90 Å². The molecule has 4 N–H and O–H groups in total. The van der Waals surface area contributed by atoms with Gasteiger partial charge in [0.1, 0.15) is 0 Å². The van der Waals surface area contributed by atoms with Gasteiger partial charge in [0.25, 0.3) is 0 Å². The summed E-state index contributed by atoms with van der Waals surface area (Å²) in [6.07, 6.45) is 0. The SMILES string of the molecule is CC1CN(c2cc(S(N)(=O)=O)ccc2N)CC(C)N1C. The quantitative estimate of drug-likeness (QED) is 0.773. The molecule has 1 saturated heterocycles. The Kier molecular flexibility index (Phi) is 3.95. The van der Waals surface area contributed by atoms with Crippen molar-refractivity contribution >= 4 is 21.4 Å². The molecule has 1 aromatic carbocycles. The molecule has 0 amide bonds. The Hall–Kier alpha value is -1.31. The standard InChI is InChI=1S/C13H22N4O2S/c1-9-7-17(8-10(2)16(9)3)13-6-11(20(15,18)19)4-5-12(13)14/h4-6,9-10H,7-8,14H2,1-3H3,(H2,15,18,19). The molecular weight excluding hydrogens is 276 g/mol. The first-order valence-electron chi connectivity index (χ1n) is 6.59. The number of sulfonamides is 1. The fourth-order valence-electron chi connectivity index (χ4n) is 2.58. The molecule has 1 aliphatic rings. The van der Waals surface area contributed by atoms with E-state index in [9.17, 15) is 8.42 Å². The minimum atomic E-state index is -3.71. The smallest absolute Gasteiger partial charge is 0.238 e. The average molecular weight is 298 g/mol. The van der Waals surface area contributed by atoms with E-state index in [4.69, 9.17) is 10.9 Å². The average Bonchev–Trinajstić information content (AvgIpc) is 2.34. The minimum Gasteiger partial charge on any atom is -0.397 e. The number of nitrogens with two attached hydrogens (primary N) is 2. The van der Waals surface area contributed by atoms with Crippen LogP contribution in [0.25, 0.3) is 0 Å². The Bertz CT molecular complexity index is 590. The molecule has 7 heteroatoms. The molecule has 0 aliphatic carbocycles. The van der Waals surface area contributed by atoms with E-state index in [0.717, 1.165) is 18.8 Å². The van der Waals surface area contributed by atoms with Crippen LogP contribution in [0, 0.1) is 0 Å². The third-order valence-electron chi connectivity index (χ3n) is 4.03. The van der Waals surface area contributed by atoms with E-state index in [1.165, 1.54) is 6.07 Å². The number of hydrogen-bond donors (Lipinski definition) is 2. The number of primary sulfonamides is 1. The van der Waals surface area contributed by atoms with Gasteiger partial charge in [-0.15, -0.1) is 0 Å². The molecule has 1 fully saturated rings. The molecule has 1 aliphatic heterocycles. The number of benzene rings is 1. The molecule has 0 aromatic heterocycles. The largest absolute Gasteiger partial charge is 0.397 e. The van der Waals surface area contributed by atoms with Crippen molar-refractivity contribution in [2.45, 2.75) is 30.8 Å². The van der Waals surface area contributed by atoms with Crippen LogP contribution in [0.3, 0.4) is 0 Å². The van der Waals surface area contributed by atoms with E-state index in [1.54, 1.807) is 12.1 Å². The summed E-state index contributed by atoms with van der Waals surface area (Å²) in [6.45, 7) is 5.89. The van der Waals surface area contributed by atoms with Crippen LogP contribution >= 0.6 is 0 Å². The van der Waals surface area contributed by atoms with Crippen molar-refractivity contribution in [3.05, 3.63) is 18.2 Å². The summed E-state index contributed by atoms with van der Waals surface area (Å²) in [5.41, 5.74) is 7.31. The number of piperazine rings is 1. The highest BCUT2D eigenvalue weighted by atomic mass is 32.2. The second-order valence-corrected chi connectivity index (χ2v) is 7.10. The second-order valence-electron chi connectivity index (χ2n) is 5.53. The summed E-state index contributed by atoms with van der Waals surface area (Å²) >= 11 is 0. The lowest BCUT2D eigenvalue weighted by Gasteiger charge is -2.43. The molecule has 112 valence electrons. The Labute approximate surface area is 120 Å². The van der Waals surface area contributed by atoms with Gasteiger partial charge in [-0.1, -0.05) is 0 Å². The van der Waals surface area contributed by atoms with Crippen LogP contribution in [-0.4, -0.2) is 45.5 Å². The van der Waals surface area contributed by atoms with Crippen LogP contribution < -0.4 is 15.8 Å². The normalized spacial score (nSPS) is 24.9. The molecule has 20 heavy (non-hydrogen) atoms. The summed E-state index contributed by atoms with van der Waals surface area (Å²) in [7, 11) is -1.62. The number of rotatable bonds is 2. The summed E-state index contributed by atoms with van der Waals surface area (Å²) in [4.78, 5) is 4.52. The molecule has 0 spiro atoms. The topological polar surface area (TPSA) is 92.7 Å². The van der Waals surface area contributed by atoms with Crippen molar-refractivity contribution in [3.8, 4) is 0 Å². The van der Waals surface area contributed by atoms with Crippen LogP contribution in [0.2, 0.25) is 0 Å². The molecule has 2 unspecified atom stereocenters. The fraction of sp³-hybridized carbons (Fsp3) is 0.538. The van der Waals surface area contributed by atoms with Crippen LogP contribution in [0.1, 0.15) is 13.8 Å². The molecule has 0 saturated carbocycles. The van der Waals surface area contributed by atoms with Crippen molar-refractivity contribution in [3.63, 3.8) is 0 Å². The second kappa shape index (κ2) is 5.23. The molecule has 2 rings (SSSR count). The van der Waals surface area contributed by atoms with Crippen LogP contribution in [0.4, 0.5) is 11.4 Å². The van der Waals surface area contributed by atoms with Gasteiger partial charge in [-0.2, -0.15) is 0 Å². The highest BCUT2D eigenvalue weighted by molar-refractivity contribution is 7.89. The predicted molar refractivity (Wildman–Crippen MR) is 81.1 cm³/mol. The van der Waals surface area contributed by atoms with Crippen LogP contribution in [0.15, 0.2) is 23.1 Å². The first-order valence-corrected chi connectivity index (χ1v) is 8.14. The van der Waals surface area contributed by atoms with E-state index in [1.807, 2.05) is 0 Å². The predicted octanol–water partition coefficient (Wildman–Crippen LogP) is 0.445. The van der Waals surface area contributed by atoms with Crippen molar-refractivity contribution < 1.29 is 8.42 Å². The lowest BCUT2D eigenvalue weighted by Crippen LogP contribution is -2.55. The maximum absolute atomic E-state index is 11.5. The lowest BCUT2D eigenvalue weighted by molar-refractivity contribution is 0.170. The number of anilines is 2. The minimum absolute atomic E-state index is 0.0981. The number of nitrogen functional groups attached to an aromatic ring is 1. The monoisotopic (exact) mass is 298 g/mol. The van der Waals surface area contributed by atoms with Crippen molar-refractivity contribution in [1.29, 1.82) is 0 Å². The molecule has 0 radical (unpaired) electrons. The third-order valence-corrected chi connectivity index (χ3v) is 4.94. The first kappa shape index (κ1) is 15.1. The lowest BCUT2D eigenvalue weighted by atomic mass is 10.1. The maximum Gasteiger partial charge on any atom is 0.238 e. The zero-order chi connectivity index (χ0) is 15.1. The van der Waals surface area contributed by atoms with Gasteiger partial charge in [-0.05, 0) is 39.1 Å². The van der Waals surface area contributed by atoms with E-state index in [-0.39, 0.29) is 4.90 Å². The maximum atomic E-state index is 11.5. The van der Waals surface area contributed by atoms with E-state index in [2.05, 4.69) is 30.7 Å². The van der Waals surface area contributed by atoms with Gasteiger partial charge < -0.3 is 10.6 Å². The van der Waals surface area contributed by atoms with E-state index >= 15 is 0 Å². The molecule has 0 bridgehead atoms. The molecule has 2 atom stereocenters. The Morgan fingerprint density at radius 3 is 2.25 bits per heavy atom. The van der Waals surface area contributed by atoms with Gasteiger partial charge in [-0.25, -0.2) is 13.6 Å². The zero-order valence-corrected chi connectivity index (χ0v) is 12.9. The zero-order valence-electron chi connectivity index (χ0n) is 12.1. The van der Waals surface area contributed by atoms with E-state index < -0.39 is 10.0 Å². The van der Waals surface area contributed by atoms with Gasteiger partial charge in [0.15, 0.2) is 0 Å². The summed E-state index contributed by atoms with van der Waals surface area (Å²) in [6, 6.07) is 5.35. The van der Waals surface area contributed by atoms with Crippen LogP contribution in [0.5, 0.6) is 0 Å². The molecular formula is C13H22N4O2S. The van der Waals surface area contributed by atoms with Crippen molar-refractivity contribution in [1.82, 2.24) is 4.90 Å². The summed E-state index contributed by atoms with van der Waals surface area (Å²) in [5.74, 6) is 0. The Balaban J connectivity index is 2.38. The number of likely N-dealkylation sites (N-methyl/N-ethyl adjacent to an activating group) is 1. The summed E-state index contributed by atoms with van der Waals surface area (Å²) < 4.78 is 22.9. The Morgan fingerprint density at radius 2 is 1.75 bits per heavy atom. The number of nitrogens with zero attached hydrogens (tertiary/aromatic N) is 2. The highest BCUT2D eigenvalue weighted by Gasteiger charge is 2.28. The molecule has 1 heterocycles. The van der Waals surface area contributed by atoms with Gasteiger partial charge in [0.05, 0.1) is 16.3 Å². The molecule has 6 nitrogen and oxygen atoms in total. The summed E-state index contributed by atoms with van der Waals surface area (Å²) in [5, 5.41) is 5.19. The van der Waals surface area contributed by atoms with E-state index in [0.29, 0.717) is 17.8 Å². The van der Waals surface area contributed by atoms with Gasteiger partial charge >= 0.3 is 0 Å². The van der Waals surface area contributed by atoms with Crippen molar-refractivity contribution in [2.75, 3.05) is 30.8 Å². The third kappa shape index (κ3) is 2.89. The van der Waals surface area contributed by atoms with Gasteiger partial charge in [0, 0.05) is 25.2 Å². The number of hydrogen-bond acceptors (Lipinski definition) is 5. The molecule has 1 aromatic rings. The van der Waals surface area contributed by atoms with Crippen LogP contribution in [-0.2, 0) is 10.0 Å². The fourth-order valence-corrected chi connectivity index (χ4v) is 3.11. The van der Waals surface area contributed by atoms with Gasteiger partial charge in [0.2, 0.25) is 10.0 Å². The Morgan fingerprint density at radius 1 is 1.20 bits per heavy atom. The first-order chi connectivity index (χ1) is 9.20. The highest BCUT2D eigenvalue weighted by Crippen LogP contribution is 2.29.